The van der Waals surface area contributed by atoms with Crippen molar-refractivity contribution in [3.8, 4) is 10.4 Å². The Morgan fingerprint density at radius 3 is 2.87 bits per heavy atom. The van der Waals surface area contributed by atoms with Gasteiger partial charge in [0.15, 0.2) is 0 Å². The van der Waals surface area contributed by atoms with Gasteiger partial charge in [0.05, 0.1) is 24.9 Å². The van der Waals surface area contributed by atoms with E-state index in [1.165, 1.54) is 17.6 Å². The van der Waals surface area contributed by atoms with Crippen LogP contribution in [0.4, 0.5) is 0 Å². The standard InChI is InChI=1S/C19H18O3S/c1-21-19(20)18-15(11-14-7-8-16(18)22-14)12-4-2-5-13(10-12)17-6-3-9-23-17/h2-6,9-10,14,16H,7-8,11H2,1H3. The summed E-state index contributed by atoms with van der Waals surface area (Å²) in [6, 6.07) is 12.6. The second-order valence-electron chi connectivity index (χ2n) is 5.97. The van der Waals surface area contributed by atoms with Crippen molar-refractivity contribution in [1.29, 1.82) is 0 Å². The van der Waals surface area contributed by atoms with Crippen molar-refractivity contribution in [1.82, 2.24) is 0 Å². The summed E-state index contributed by atoms with van der Waals surface area (Å²) in [5.41, 5.74) is 4.10. The summed E-state index contributed by atoms with van der Waals surface area (Å²) >= 11 is 1.72. The van der Waals surface area contributed by atoms with Gasteiger partial charge in [-0.3, -0.25) is 0 Å². The molecule has 2 atom stereocenters. The molecule has 0 aliphatic carbocycles. The fourth-order valence-electron chi connectivity index (χ4n) is 3.54. The van der Waals surface area contributed by atoms with Gasteiger partial charge in [0.1, 0.15) is 0 Å². The van der Waals surface area contributed by atoms with Gasteiger partial charge >= 0.3 is 5.97 Å². The first kappa shape index (κ1) is 14.7. The van der Waals surface area contributed by atoms with Gasteiger partial charge < -0.3 is 9.47 Å². The molecule has 118 valence electrons. The van der Waals surface area contributed by atoms with E-state index in [1.807, 2.05) is 0 Å². The van der Waals surface area contributed by atoms with Crippen molar-refractivity contribution >= 4 is 22.9 Å². The third-order valence-corrected chi connectivity index (χ3v) is 5.53. The smallest absolute Gasteiger partial charge is 0.336 e. The number of benzene rings is 1. The lowest BCUT2D eigenvalue weighted by atomic mass is 9.91. The van der Waals surface area contributed by atoms with Gasteiger partial charge in [-0.1, -0.05) is 24.3 Å². The Morgan fingerprint density at radius 1 is 1.22 bits per heavy atom. The molecule has 4 heteroatoms. The molecule has 3 heterocycles. The number of methoxy groups -OCH3 is 1. The van der Waals surface area contributed by atoms with Crippen LogP contribution in [-0.4, -0.2) is 25.3 Å². The lowest BCUT2D eigenvalue weighted by Crippen LogP contribution is -2.26. The van der Waals surface area contributed by atoms with Gasteiger partial charge in [-0.2, -0.15) is 0 Å². The number of ether oxygens (including phenoxy) is 2. The fourth-order valence-corrected chi connectivity index (χ4v) is 4.27. The molecule has 0 N–H and O–H groups in total. The minimum atomic E-state index is -0.258. The van der Waals surface area contributed by atoms with Crippen molar-refractivity contribution in [2.75, 3.05) is 7.11 Å². The molecule has 1 fully saturated rings. The Kier molecular flexibility index (Phi) is 3.79. The van der Waals surface area contributed by atoms with E-state index < -0.39 is 0 Å². The third kappa shape index (κ3) is 2.62. The Labute approximate surface area is 139 Å². The SMILES string of the molecule is COC(=O)C1=C(c2cccc(-c3cccs3)c2)CC2CCC1O2. The molecule has 2 aliphatic rings. The molecule has 0 amide bonds. The summed E-state index contributed by atoms with van der Waals surface area (Å²) in [5, 5.41) is 2.08. The summed E-state index contributed by atoms with van der Waals surface area (Å²) in [5.74, 6) is -0.258. The van der Waals surface area contributed by atoms with Crippen LogP contribution in [-0.2, 0) is 14.3 Å². The lowest BCUT2D eigenvalue weighted by molar-refractivity contribution is -0.137. The number of esters is 1. The Hall–Kier alpha value is -1.91. The van der Waals surface area contributed by atoms with Gasteiger partial charge in [-0.15, -0.1) is 11.3 Å². The molecular weight excluding hydrogens is 308 g/mol. The van der Waals surface area contributed by atoms with Gasteiger partial charge in [0.2, 0.25) is 0 Å². The number of rotatable bonds is 3. The average Bonchev–Trinajstić information content (AvgIpc) is 3.24. The zero-order valence-corrected chi connectivity index (χ0v) is 13.8. The fraction of sp³-hybridized carbons (Fsp3) is 0.316. The molecule has 0 saturated carbocycles. The van der Waals surface area contributed by atoms with Crippen molar-refractivity contribution in [2.24, 2.45) is 0 Å². The van der Waals surface area contributed by atoms with E-state index in [1.54, 1.807) is 11.3 Å². The van der Waals surface area contributed by atoms with Crippen LogP contribution in [0.5, 0.6) is 0 Å². The lowest BCUT2D eigenvalue weighted by Gasteiger charge is -2.26. The predicted octanol–water partition coefficient (Wildman–Crippen LogP) is 4.29. The molecule has 1 aromatic carbocycles. The maximum Gasteiger partial charge on any atom is 0.336 e. The first-order valence-electron chi connectivity index (χ1n) is 7.87. The summed E-state index contributed by atoms with van der Waals surface area (Å²) in [4.78, 5) is 13.5. The Bertz CT molecular complexity index is 761. The minimum Gasteiger partial charge on any atom is -0.466 e. The van der Waals surface area contributed by atoms with Crippen LogP contribution in [0.15, 0.2) is 47.4 Å². The first-order chi connectivity index (χ1) is 11.3. The Morgan fingerprint density at radius 2 is 2.09 bits per heavy atom. The topological polar surface area (TPSA) is 35.5 Å². The molecule has 4 rings (SSSR count). The molecule has 2 aliphatic heterocycles. The number of fused-ring (bicyclic) bond motifs is 2. The van der Waals surface area contributed by atoms with Crippen molar-refractivity contribution < 1.29 is 14.3 Å². The first-order valence-corrected chi connectivity index (χ1v) is 8.75. The highest BCUT2D eigenvalue weighted by Gasteiger charge is 2.39. The summed E-state index contributed by atoms with van der Waals surface area (Å²) in [7, 11) is 1.44. The van der Waals surface area contributed by atoms with Crippen LogP contribution in [0.1, 0.15) is 24.8 Å². The molecule has 3 nitrogen and oxygen atoms in total. The summed E-state index contributed by atoms with van der Waals surface area (Å²) < 4.78 is 11.0. The van der Waals surface area contributed by atoms with Crippen LogP contribution >= 0.6 is 11.3 Å². The molecule has 0 spiro atoms. The third-order valence-electron chi connectivity index (χ3n) is 4.61. The van der Waals surface area contributed by atoms with Crippen molar-refractivity contribution in [3.05, 3.63) is 52.9 Å². The van der Waals surface area contributed by atoms with Crippen molar-refractivity contribution in [2.45, 2.75) is 31.5 Å². The quantitative estimate of drug-likeness (QED) is 0.789. The molecule has 0 radical (unpaired) electrons. The van der Waals surface area contributed by atoms with E-state index in [0.29, 0.717) is 5.57 Å². The molecule has 2 unspecified atom stereocenters. The molecule has 23 heavy (non-hydrogen) atoms. The number of carbonyl (C=O) groups is 1. The van der Waals surface area contributed by atoms with E-state index >= 15 is 0 Å². The number of hydrogen-bond donors (Lipinski definition) is 0. The number of hydrogen-bond acceptors (Lipinski definition) is 4. The van der Waals surface area contributed by atoms with Crippen LogP contribution in [0.3, 0.4) is 0 Å². The van der Waals surface area contributed by atoms with E-state index in [-0.39, 0.29) is 18.2 Å². The second kappa shape index (κ2) is 5.95. The molecule has 1 saturated heterocycles. The molecule has 2 bridgehead atoms. The van der Waals surface area contributed by atoms with Crippen LogP contribution in [0.2, 0.25) is 0 Å². The summed E-state index contributed by atoms with van der Waals surface area (Å²) in [6.45, 7) is 0. The van der Waals surface area contributed by atoms with E-state index in [2.05, 4.69) is 41.8 Å². The number of carbonyl (C=O) groups excluding carboxylic acids is 1. The van der Waals surface area contributed by atoms with Crippen LogP contribution in [0, 0.1) is 0 Å². The van der Waals surface area contributed by atoms with E-state index in [0.717, 1.165) is 30.4 Å². The van der Waals surface area contributed by atoms with Crippen LogP contribution < -0.4 is 0 Å². The highest BCUT2D eigenvalue weighted by atomic mass is 32.1. The van der Waals surface area contributed by atoms with Crippen LogP contribution in [0.25, 0.3) is 16.0 Å². The molecule has 2 aromatic rings. The zero-order valence-electron chi connectivity index (χ0n) is 13.0. The second-order valence-corrected chi connectivity index (χ2v) is 6.92. The maximum atomic E-state index is 12.3. The Balaban J connectivity index is 1.81. The minimum absolute atomic E-state index is 0.110. The molecule has 1 aromatic heterocycles. The van der Waals surface area contributed by atoms with Gasteiger partial charge in [-0.05, 0) is 53.5 Å². The zero-order chi connectivity index (χ0) is 15.8. The highest BCUT2D eigenvalue weighted by Crippen LogP contribution is 2.42. The van der Waals surface area contributed by atoms with E-state index in [9.17, 15) is 4.79 Å². The predicted molar refractivity (Wildman–Crippen MR) is 91.2 cm³/mol. The maximum absolute atomic E-state index is 12.3. The number of thiophene rings is 1. The van der Waals surface area contributed by atoms with Crippen molar-refractivity contribution in [3.63, 3.8) is 0 Å². The normalized spacial score (nSPS) is 23.2. The van der Waals surface area contributed by atoms with Gasteiger partial charge in [0, 0.05) is 4.88 Å². The molecular formula is C19H18O3S. The highest BCUT2D eigenvalue weighted by molar-refractivity contribution is 7.13. The van der Waals surface area contributed by atoms with Gasteiger partial charge in [-0.25, -0.2) is 4.79 Å². The monoisotopic (exact) mass is 326 g/mol. The van der Waals surface area contributed by atoms with Gasteiger partial charge in [0.25, 0.3) is 0 Å². The van der Waals surface area contributed by atoms with E-state index in [4.69, 9.17) is 9.47 Å². The average molecular weight is 326 g/mol. The largest absolute Gasteiger partial charge is 0.466 e. The summed E-state index contributed by atoms with van der Waals surface area (Å²) in [6.07, 6.45) is 2.83.